The minimum Gasteiger partial charge on any atom is -0.0619 e. The van der Waals surface area contributed by atoms with Crippen molar-refractivity contribution in [2.75, 3.05) is 0 Å². The molecule has 0 amide bonds. The molecule has 0 spiro atoms. The molecule has 0 fully saturated rings. The number of hydrogen-bond donors (Lipinski definition) is 0. The molecule has 1 atom stereocenters. The molecule has 3 rings (SSSR count). The summed E-state index contributed by atoms with van der Waals surface area (Å²) in [4.78, 5) is 4.13. The van der Waals surface area contributed by atoms with Gasteiger partial charge in [-0.05, 0) is 68.3 Å². The molecule has 0 radical (unpaired) electrons. The van der Waals surface area contributed by atoms with Gasteiger partial charge in [0.25, 0.3) is 0 Å². The van der Waals surface area contributed by atoms with Gasteiger partial charge in [-0.15, -0.1) is 0 Å². The molecule has 0 aliphatic carbocycles. The van der Waals surface area contributed by atoms with Crippen molar-refractivity contribution in [3.63, 3.8) is 0 Å². The highest BCUT2D eigenvalue weighted by molar-refractivity contribution is 7.97. The highest BCUT2D eigenvalue weighted by Gasteiger charge is 2.28. The summed E-state index contributed by atoms with van der Waals surface area (Å²) in [6.07, 6.45) is 0. The fourth-order valence-corrected chi connectivity index (χ4v) is 4.63. The zero-order valence-electron chi connectivity index (χ0n) is 13.3. The summed E-state index contributed by atoms with van der Waals surface area (Å²) in [7, 11) is -0.0415. The lowest BCUT2D eigenvalue weighted by Crippen LogP contribution is -2.05. The highest BCUT2D eigenvalue weighted by Crippen LogP contribution is 2.32. The van der Waals surface area contributed by atoms with Crippen molar-refractivity contribution in [3.05, 3.63) is 89.5 Å². The van der Waals surface area contributed by atoms with Crippen LogP contribution in [0.4, 0.5) is 0 Å². The van der Waals surface area contributed by atoms with Gasteiger partial charge in [0, 0.05) is 0 Å². The van der Waals surface area contributed by atoms with Crippen LogP contribution in [0, 0.1) is 20.8 Å². The normalized spacial score (nSPS) is 12.1. The van der Waals surface area contributed by atoms with Crippen LogP contribution in [0.3, 0.4) is 0 Å². The molecular weight excluding hydrogens is 284 g/mol. The fourth-order valence-electron chi connectivity index (χ4n) is 2.48. The van der Waals surface area contributed by atoms with Crippen molar-refractivity contribution in [1.29, 1.82) is 0 Å². The van der Waals surface area contributed by atoms with Crippen molar-refractivity contribution in [3.8, 4) is 0 Å². The molecule has 0 aliphatic heterocycles. The average Bonchev–Trinajstić information content (AvgIpc) is 2.54. The summed E-state index contributed by atoms with van der Waals surface area (Å²) in [5.41, 5.74) is 4.02. The maximum Gasteiger partial charge on any atom is 0.166 e. The Hall–Kier alpha value is -1.99. The van der Waals surface area contributed by atoms with E-state index >= 15 is 0 Å². The molecule has 0 bridgehead atoms. The topological polar surface area (TPSA) is 0 Å². The molecule has 0 aliphatic rings. The van der Waals surface area contributed by atoms with Crippen molar-refractivity contribution < 1.29 is 0 Å². The summed E-state index contributed by atoms with van der Waals surface area (Å²) >= 11 is 0. The molecule has 1 heteroatoms. The van der Waals surface area contributed by atoms with E-state index in [1.54, 1.807) is 0 Å². The van der Waals surface area contributed by atoms with Crippen LogP contribution in [0.2, 0.25) is 0 Å². The highest BCUT2D eigenvalue weighted by atomic mass is 32.2. The molecule has 3 aromatic rings. The molecule has 22 heavy (non-hydrogen) atoms. The zero-order valence-corrected chi connectivity index (χ0v) is 14.2. The third-order valence-corrected chi connectivity index (χ3v) is 6.16. The predicted molar refractivity (Wildman–Crippen MR) is 95.7 cm³/mol. The van der Waals surface area contributed by atoms with E-state index in [9.17, 15) is 0 Å². The van der Waals surface area contributed by atoms with Gasteiger partial charge in [-0.1, -0.05) is 42.0 Å². The van der Waals surface area contributed by atoms with E-state index in [1.165, 1.54) is 31.4 Å². The molecule has 0 aromatic heterocycles. The predicted octanol–water partition coefficient (Wildman–Crippen LogP) is 5.71. The van der Waals surface area contributed by atoms with Gasteiger partial charge in [0.1, 0.15) is 0 Å². The van der Waals surface area contributed by atoms with Crippen LogP contribution in [0.1, 0.15) is 16.7 Å². The molecule has 3 aromatic carbocycles. The van der Waals surface area contributed by atoms with Gasteiger partial charge in [-0.3, -0.25) is 0 Å². The summed E-state index contributed by atoms with van der Waals surface area (Å²) in [5, 5.41) is 0. The minimum absolute atomic E-state index is 0.0415. The number of aryl methyl sites for hydroxylation is 3. The molecule has 0 saturated heterocycles. The minimum atomic E-state index is -0.0415. The fraction of sp³-hybridized carbons (Fsp3) is 0.143. The maximum atomic E-state index is 2.34. The molecule has 0 nitrogen and oxygen atoms in total. The molecule has 0 N–H and O–H groups in total. The average molecular weight is 305 g/mol. The third-order valence-electron chi connectivity index (χ3n) is 3.95. The van der Waals surface area contributed by atoms with Crippen molar-refractivity contribution in [2.24, 2.45) is 0 Å². The van der Waals surface area contributed by atoms with Crippen molar-refractivity contribution >= 4 is 10.9 Å². The second kappa shape index (κ2) is 6.41. The quantitative estimate of drug-likeness (QED) is 0.544. The summed E-state index contributed by atoms with van der Waals surface area (Å²) in [5.74, 6) is 0. The lowest BCUT2D eigenvalue weighted by atomic mass is 10.1. The van der Waals surface area contributed by atoms with E-state index in [2.05, 4.69) is 93.6 Å². The monoisotopic (exact) mass is 305 g/mol. The van der Waals surface area contributed by atoms with E-state index in [4.69, 9.17) is 0 Å². The largest absolute Gasteiger partial charge is 0.166 e. The van der Waals surface area contributed by atoms with E-state index in [0.717, 1.165) is 0 Å². The SMILES string of the molecule is Cc1ccc([S+](c2ccccc2)c2ccc(C)c(C)c2)cc1. The maximum absolute atomic E-state index is 2.34. The first-order chi connectivity index (χ1) is 10.6. The lowest BCUT2D eigenvalue weighted by Gasteiger charge is -2.09. The summed E-state index contributed by atoms with van der Waals surface area (Å²) in [6.45, 7) is 6.51. The van der Waals surface area contributed by atoms with Crippen LogP contribution in [0.5, 0.6) is 0 Å². The Morgan fingerprint density at radius 3 is 1.77 bits per heavy atom. The zero-order chi connectivity index (χ0) is 15.5. The second-order valence-corrected chi connectivity index (χ2v) is 7.70. The van der Waals surface area contributed by atoms with Gasteiger partial charge in [0.15, 0.2) is 14.7 Å². The molecule has 1 unspecified atom stereocenters. The van der Waals surface area contributed by atoms with Crippen LogP contribution in [0.25, 0.3) is 0 Å². The van der Waals surface area contributed by atoms with E-state index in [1.807, 2.05) is 0 Å². The standard InChI is InChI=1S/C21H21S/c1-16-9-12-20(13-10-16)22(19-7-5-4-6-8-19)21-14-11-17(2)18(3)15-21/h4-15H,1-3H3/q+1. The first kappa shape index (κ1) is 14.9. The third kappa shape index (κ3) is 3.10. The Balaban J connectivity index is 2.14. The molecule has 110 valence electrons. The van der Waals surface area contributed by atoms with Gasteiger partial charge in [0.2, 0.25) is 0 Å². The van der Waals surface area contributed by atoms with Crippen LogP contribution < -0.4 is 0 Å². The smallest absolute Gasteiger partial charge is 0.0619 e. The molecular formula is C21H21S+. The Morgan fingerprint density at radius 2 is 1.14 bits per heavy atom. The second-order valence-electron chi connectivity index (χ2n) is 5.68. The number of rotatable bonds is 3. The number of hydrogen-bond acceptors (Lipinski definition) is 0. The lowest BCUT2D eigenvalue weighted by molar-refractivity contribution is 1.24. The van der Waals surface area contributed by atoms with E-state index < -0.39 is 0 Å². The Bertz CT molecular complexity index is 758. The Labute approximate surface area is 136 Å². The Morgan fingerprint density at radius 1 is 0.545 bits per heavy atom. The van der Waals surface area contributed by atoms with Crippen LogP contribution in [0.15, 0.2) is 87.5 Å². The van der Waals surface area contributed by atoms with Crippen molar-refractivity contribution in [1.82, 2.24) is 0 Å². The first-order valence-electron chi connectivity index (χ1n) is 7.58. The van der Waals surface area contributed by atoms with Gasteiger partial charge in [-0.25, -0.2) is 0 Å². The van der Waals surface area contributed by atoms with Gasteiger partial charge in [-0.2, -0.15) is 0 Å². The van der Waals surface area contributed by atoms with Crippen LogP contribution in [-0.4, -0.2) is 0 Å². The van der Waals surface area contributed by atoms with E-state index in [-0.39, 0.29) is 10.9 Å². The van der Waals surface area contributed by atoms with E-state index in [0.29, 0.717) is 0 Å². The summed E-state index contributed by atoms with van der Waals surface area (Å²) in [6, 6.07) is 26.6. The van der Waals surface area contributed by atoms with Crippen LogP contribution in [-0.2, 0) is 10.9 Å². The molecule has 0 saturated carbocycles. The first-order valence-corrected chi connectivity index (χ1v) is 8.81. The van der Waals surface area contributed by atoms with Crippen LogP contribution >= 0.6 is 0 Å². The van der Waals surface area contributed by atoms with Gasteiger partial charge < -0.3 is 0 Å². The summed E-state index contributed by atoms with van der Waals surface area (Å²) < 4.78 is 0. The van der Waals surface area contributed by atoms with Gasteiger partial charge in [0.05, 0.1) is 10.9 Å². The van der Waals surface area contributed by atoms with Gasteiger partial charge >= 0.3 is 0 Å². The Kier molecular flexibility index (Phi) is 4.35. The van der Waals surface area contributed by atoms with Crippen molar-refractivity contribution in [2.45, 2.75) is 35.5 Å². The number of benzene rings is 3. The molecule has 0 heterocycles.